The SMILES string of the molecule is CC(C)(C)OC(=O)N1CCc2cc(OCC(O)CCn3cc([N+](=O)[O-])nc3Cl)ccc2C1. The van der Waals surface area contributed by atoms with Gasteiger partial charge in [0.2, 0.25) is 0 Å². The zero-order chi connectivity index (χ0) is 23.5. The Kier molecular flexibility index (Phi) is 7.25. The van der Waals surface area contributed by atoms with Crippen LogP contribution in [0.25, 0.3) is 0 Å². The van der Waals surface area contributed by atoms with Gasteiger partial charge in [-0.3, -0.25) is 4.57 Å². The molecule has 0 bridgehead atoms. The molecule has 0 spiro atoms. The highest BCUT2D eigenvalue weighted by Gasteiger charge is 2.26. The van der Waals surface area contributed by atoms with Crippen LogP contribution in [0, 0.1) is 10.1 Å². The molecule has 0 saturated heterocycles. The van der Waals surface area contributed by atoms with E-state index in [-0.39, 0.29) is 30.3 Å². The molecule has 32 heavy (non-hydrogen) atoms. The highest BCUT2D eigenvalue weighted by molar-refractivity contribution is 6.28. The predicted molar refractivity (Wildman–Crippen MR) is 117 cm³/mol. The van der Waals surface area contributed by atoms with Crippen molar-refractivity contribution in [1.82, 2.24) is 14.5 Å². The number of carbonyl (C=O) groups excluding carboxylic acids is 1. The summed E-state index contributed by atoms with van der Waals surface area (Å²) in [4.78, 5) is 27.7. The van der Waals surface area contributed by atoms with Gasteiger partial charge in [0.25, 0.3) is 0 Å². The molecule has 1 aliphatic rings. The zero-order valence-corrected chi connectivity index (χ0v) is 19.0. The van der Waals surface area contributed by atoms with Crippen molar-refractivity contribution < 1.29 is 24.3 Å². The largest absolute Gasteiger partial charge is 0.491 e. The molecule has 1 aromatic heterocycles. The summed E-state index contributed by atoms with van der Waals surface area (Å²) in [5.74, 6) is 0.296. The van der Waals surface area contributed by atoms with Gasteiger partial charge in [0.05, 0.1) is 6.10 Å². The second-order valence-electron chi connectivity index (χ2n) is 8.65. The molecule has 0 saturated carbocycles. The van der Waals surface area contributed by atoms with Crippen LogP contribution < -0.4 is 4.74 Å². The fourth-order valence-electron chi connectivity index (χ4n) is 3.29. The Morgan fingerprint density at radius 1 is 1.38 bits per heavy atom. The number of nitrogens with zero attached hydrogens (tertiary/aromatic N) is 4. The lowest BCUT2D eigenvalue weighted by atomic mass is 10.00. The molecule has 0 fully saturated rings. The molecule has 174 valence electrons. The molecule has 1 aliphatic heterocycles. The first kappa shape index (κ1) is 23.8. The first-order valence-corrected chi connectivity index (χ1v) is 10.7. The summed E-state index contributed by atoms with van der Waals surface area (Å²) >= 11 is 5.88. The maximum Gasteiger partial charge on any atom is 0.410 e. The van der Waals surface area contributed by atoms with Gasteiger partial charge in [-0.2, -0.15) is 0 Å². The molecule has 1 amide bonds. The number of amides is 1. The minimum Gasteiger partial charge on any atom is -0.491 e. The van der Waals surface area contributed by atoms with E-state index in [1.807, 2.05) is 32.9 Å². The topological polar surface area (TPSA) is 120 Å². The van der Waals surface area contributed by atoms with Crippen molar-refractivity contribution >= 4 is 23.5 Å². The summed E-state index contributed by atoms with van der Waals surface area (Å²) in [6.45, 7) is 6.90. The third-order valence-electron chi connectivity index (χ3n) is 4.89. The number of nitro groups is 1. The standard InChI is InChI=1S/C21H27ClN4O6/c1-21(2,3)32-20(28)25-8-6-14-10-17(5-4-15(14)11-25)31-13-16(27)7-9-24-12-18(26(29)30)23-19(24)22/h4-5,10,12,16,27H,6-9,11,13H2,1-3H3. The van der Waals surface area contributed by atoms with Gasteiger partial charge in [0.15, 0.2) is 0 Å². The Hall–Kier alpha value is -2.85. The van der Waals surface area contributed by atoms with E-state index >= 15 is 0 Å². The van der Waals surface area contributed by atoms with Crippen molar-refractivity contribution in [1.29, 1.82) is 0 Å². The van der Waals surface area contributed by atoms with Gasteiger partial charge in [-0.15, -0.1) is 0 Å². The maximum atomic E-state index is 12.3. The zero-order valence-electron chi connectivity index (χ0n) is 18.3. The molecule has 1 N–H and O–H groups in total. The number of fused-ring (bicyclic) bond motifs is 1. The van der Waals surface area contributed by atoms with Gasteiger partial charge in [-0.1, -0.05) is 6.07 Å². The minimum atomic E-state index is -0.786. The van der Waals surface area contributed by atoms with Crippen LogP contribution in [0.15, 0.2) is 24.4 Å². The predicted octanol–water partition coefficient (Wildman–Crippen LogP) is 3.57. The quantitative estimate of drug-likeness (QED) is 0.489. The Morgan fingerprint density at radius 2 is 2.12 bits per heavy atom. The van der Waals surface area contributed by atoms with Crippen molar-refractivity contribution in [3.05, 3.63) is 50.9 Å². The molecule has 10 nitrogen and oxygen atoms in total. The number of hydrogen-bond acceptors (Lipinski definition) is 7. The van der Waals surface area contributed by atoms with Gasteiger partial charge in [-0.25, -0.2) is 4.79 Å². The van der Waals surface area contributed by atoms with E-state index < -0.39 is 16.6 Å². The smallest absolute Gasteiger partial charge is 0.410 e. The van der Waals surface area contributed by atoms with Crippen molar-refractivity contribution in [2.45, 2.75) is 58.4 Å². The molecule has 0 radical (unpaired) electrons. The Balaban J connectivity index is 1.50. The summed E-state index contributed by atoms with van der Waals surface area (Å²) in [5.41, 5.74) is 1.59. The van der Waals surface area contributed by atoms with Crippen LogP contribution in [-0.2, 0) is 24.2 Å². The van der Waals surface area contributed by atoms with Gasteiger partial charge >= 0.3 is 17.2 Å². The van der Waals surface area contributed by atoms with Crippen LogP contribution in [0.2, 0.25) is 5.28 Å². The summed E-state index contributed by atoms with van der Waals surface area (Å²) in [5, 5.41) is 21.0. The monoisotopic (exact) mass is 466 g/mol. The number of aromatic nitrogens is 2. The van der Waals surface area contributed by atoms with E-state index in [2.05, 4.69) is 4.98 Å². The van der Waals surface area contributed by atoms with Crippen molar-refractivity contribution in [2.75, 3.05) is 13.2 Å². The summed E-state index contributed by atoms with van der Waals surface area (Å²) in [7, 11) is 0. The number of carbonyl (C=O) groups is 1. The summed E-state index contributed by atoms with van der Waals surface area (Å²) in [6, 6.07) is 5.64. The van der Waals surface area contributed by atoms with E-state index in [9.17, 15) is 20.0 Å². The number of aryl methyl sites for hydroxylation is 1. The third kappa shape index (κ3) is 6.33. The third-order valence-corrected chi connectivity index (χ3v) is 5.19. The average Bonchev–Trinajstić information content (AvgIpc) is 3.10. The molecular formula is C21H27ClN4O6. The number of imidazole rings is 1. The second-order valence-corrected chi connectivity index (χ2v) is 8.99. The molecular weight excluding hydrogens is 440 g/mol. The lowest BCUT2D eigenvalue weighted by molar-refractivity contribution is -0.389. The Bertz CT molecular complexity index is 987. The molecule has 11 heteroatoms. The molecule has 2 heterocycles. The van der Waals surface area contributed by atoms with Crippen LogP contribution >= 0.6 is 11.6 Å². The van der Waals surface area contributed by atoms with Crippen LogP contribution in [-0.4, -0.2) is 55.4 Å². The number of hydrogen-bond donors (Lipinski definition) is 1. The first-order chi connectivity index (χ1) is 15.0. The van der Waals surface area contributed by atoms with E-state index in [0.29, 0.717) is 31.7 Å². The number of aliphatic hydroxyl groups is 1. The van der Waals surface area contributed by atoms with Gasteiger partial charge in [-0.05, 0) is 78.4 Å². The molecule has 0 aliphatic carbocycles. The number of rotatable bonds is 7. The van der Waals surface area contributed by atoms with Crippen molar-refractivity contribution in [3.8, 4) is 5.75 Å². The molecule has 1 unspecified atom stereocenters. The fraction of sp³-hybridized carbons (Fsp3) is 0.524. The Labute approximate surface area is 190 Å². The maximum absolute atomic E-state index is 12.3. The minimum absolute atomic E-state index is 0.0000637. The average molecular weight is 467 g/mol. The highest BCUT2D eigenvalue weighted by atomic mass is 35.5. The lowest BCUT2D eigenvalue weighted by Crippen LogP contribution is -2.39. The molecule has 1 atom stereocenters. The van der Waals surface area contributed by atoms with Crippen LogP contribution in [0.1, 0.15) is 38.3 Å². The van der Waals surface area contributed by atoms with Crippen molar-refractivity contribution in [2.24, 2.45) is 0 Å². The van der Waals surface area contributed by atoms with Crippen molar-refractivity contribution in [3.63, 3.8) is 0 Å². The first-order valence-electron chi connectivity index (χ1n) is 10.3. The van der Waals surface area contributed by atoms with Gasteiger partial charge in [0.1, 0.15) is 24.2 Å². The molecule has 2 aromatic rings. The van der Waals surface area contributed by atoms with Gasteiger partial charge < -0.3 is 29.6 Å². The number of halogens is 1. The van der Waals surface area contributed by atoms with Crippen LogP contribution in [0.5, 0.6) is 5.75 Å². The van der Waals surface area contributed by atoms with E-state index in [1.165, 1.54) is 10.8 Å². The normalized spacial score (nSPS) is 14.6. The van der Waals surface area contributed by atoms with E-state index in [4.69, 9.17) is 21.1 Å². The number of aliphatic hydroxyl groups excluding tert-OH is 1. The molecule has 3 rings (SSSR count). The number of ether oxygens (including phenoxy) is 2. The van der Waals surface area contributed by atoms with E-state index in [1.54, 1.807) is 11.0 Å². The van der Waals surface area contributed by atoms with E-state index in [0.717, 1.165) is 11.1 Å². The lowest BCUT2D eigenvalue weighted by Gasteiger charge is -2.31. The summed E-state index contributed by atoms with van der Waals surface area (Å²) in [6.07, 6.45) is 1.11. The fourth-order valence-corrected chi connectivity index (χ4v) is 3.51. The van der Waals surface area contributed by atoms with Crippen LogP contribution in [0.4, 0.5) is 10.6 Å². The Morgan fingerprint density at radius 3 is 2.78 bits per heavy atom. The highest BCUT2D eigenvalue weighted by Crippen LogP contribution is 2.25. The van der Waals surface area contributed by atoms with Crippen LogP contribution in [0.3, 0.4) is 0 Å². The molecule has 1 aromatic carbocycles. The second kappa shape index (κ2) is 9.74. The number of benzene rings is 1. The summed E-state index contributed by atoms with van der Waals surface area (Å²) < 4.78 is 12.6. The van der Waals surface area contributed by atoms with Gasteiger partial charge in [0, 0.05) is 19.6 Å².